The number of nitrogens with zero attached hydrogens (tertiary/aromatic N) is 1. The van der Waals surface area contributed by atoms with E-state index in [1.165, 1.54) is 0 Å². The molecule has 5 nitrogen and oxygen atoms in total. The molecule has 0 amide bonds. The predicted octanol–water partition coefficient (Wildman–Crippen LogP) is 4.44. The standard InChI is InChI=1S/C18H33NO4Si/c1-13-15(12-23-24(5,6)17(2,3)4)18(19(21)22)10-8-7-9-14(18)11-16(13)20/h13-15H,7-12H2,1-6H3/t13-,14?,15+,18-/m1/s1. The van der Waals surface area contributed by atoms with Crippen molar-refractivity contribution in [2.24, 2.45) is 17.8 Å². The molecule has 0 heterocycles. The molecule has 2 fully saturated rings. The normalized spacial score (nSPS) is 34.8. The Morgan fingerprint density at radius 3 is 2.50 bits per heavy atom. The molecule has 2 saturated carbocycles. The SMILES string of the molecule is C[C@H]1C(=O)CC2CCCC[C@]2([N+](=O)[O-])[C@H]1CO[Si](C)(C)C(C)(C)C. The molecule has 24 heavy (non-hydrogen) atoms. The molecule has 0 spiro atoms. The Kier molecular flexibility index (Phi) is 5.32. The van der Waals surface area contributed by atoms with Crippen molar-refractivity contribution in [2.75, 3.05) is 6.61 Å². The Balaban J connectivity index is 2.32. The van der Waals surface area contributed by atoms with Crippen LogP contribution in [0.3, 0.4) is 0 Å². The van der Waals surface area contributed by atoms with Gasteiger partial charge in [0.1, 0.15) is 5.78 Å². The summed E-state index contributed by atoms with van der Waals surface area (Å²) < 4.78 is 6.36. The fourth-order valence-electron chi connectivity index (χ4n) is 4.29. The van der Waals surface area contributed by atoms with Crippen molar-refractivity contribution in [1.29, 1.82) is 0 Å². The van der Waals surface area contributed by atoms with Gasteiger partial charge in [0, 0.05) is 36.2 Å². The Morgan fingerprint density at radius 1 is 1.33 bits per heavy atom. The average Bonchev–Trinajstić information content (AvgIpc) is 2.46. The van der Waals surface area contributed by atoms with Gasteiger partial charge in [0.2, 0.25) is 5.54 Å². The zero-order chi connectivity index (χ0) is 18.3. The van der Waals surface area contributed by atoms with Crippen LogP contribution in [0.25, 0.3) is 0 Å². The summed E-state index contributed by atoms with van der Waals surface area (Å²) in [7, 11) is -2.00. The van der Waals surface area contributed by atoms with Crippen LogP contribution in [0.15, 0.2) is 0 Å². The third-order valence-corrected chi connectivity index (χ3v) is 11.6. The van der Waals surface area contributed by atoms with Crippen LogP contribution in [-0.4, -0.2) is 31.2 Å². The highest BCUT2D eigenvalue weighted by Crippen LogP contribution is 2.50. The summed E-state index contributed by atoms with van der Waals surface area (Å²) in [5.74, 6) is -0.510. The van der Waals surface area contributed by atoms with E-state index >= 15 is 0 Å². The second-order valence-electron chi connectivity index (χ2n) is 9.33. The fourth-order valence-corrected chi connectivity index (χ4v) is 5.31. The Bertz CT molecular complexity index is 514. The zero-order valence-electron chi connectivity index (χ0n) is 16.1. The summed E-state index contributed by atoms with van der Waals surface area (Å²) >= 11 is 0. The van der Waals surface area contributed by atoms with Gasteiger partial charge in [-0.15, -0.1) is 0 Å². The van der Waals surface area contributed by atoms with Crippen molar-refractivity contribution >= 4 is 14.1 Å². The number of carbonyl (C=O) groups excluding carboxylic acids is 1. The van der Waals surface area contributed by atoms with Crippen LogP contribution in [0.1, 0.15) is 59.8 Å². The fraction of sp³-hybridized carbons (Fsp3) is 0.944. The van der Waals surface area contributed by atoms with Crippen LogP contribution in [0.5, 0.6) is 0 Å². The van der Waals surface area contributed by atoms with E-state index in [1.807, 2.05) is 6.92 Å². The zero-order valence-corrected chi connectivity index (χ0v) is 17.1. The number of rotatable bonds is 4. The van der Waals surface area contributed by atoms with Gasteiger partial charge >= 0.3 is 0 Å². The van der Waals surface area contributed by atoms with Crippen LogP contribution in [0.2, 0.25) is 18.1 Å². The molecular weight excluding hydrogens is 322 g/mol. The van der Waals surface area contributed by atoms with Gasteiger partial charge < -0.3 is 4.43 Å². The lowest BCUT2D eigenvalue weighted by Gasteiger charge is -2.48. The molecule has 0 aliphatic heterocycles. The van der Waals surface area contributed by atoms with Crippen LogP contribution >= 0.6 is 0 Å². The van der Waals surface area contributed by atoms with E-state index in [2.05, 4.69) is 33.9 Å². The number of nitro groups is 1. The molecule has 0 radical (unpaired) electrons. The quantitative estimate of drug-likeness (QED) is 0.425. The third-order valence-electron chi connectivity index (χ3n) is 7.06. The molecule has 6 heteroatoms. The highest BCUT2D eigenvalue weighted by molar-refractivity contribution is 6.74. The van der Waals surface area contributed by atoms with E-state index in [9.17, 15) is 14.9 Å². The lowest BCUT2D eigenvalue weighted by Crippen LogP contribution is -2.62. The predicted molar refractivity (Wildman–Crippen MR) is 97.1 cm³/mol. The van der Waals surface area contributed by atoms with Gasteiger partial charge in [-0.1, -0.05) is 34.1 Å². The lowest BCUT2D eigenvalue weighted by molar-refractivity contribution is -0.600. The molecular formula is C18H33NO4Si. The Morgan fingerprint density at radius 2 is 1.96 bits per heavy atom. The minimum Gasteiger partial charge on any atom is -0.416 e. The molecule has 0 saturated heterocycles. The molecule has 0 aromatic heterocycles. The van der Waals surface area contributed by atoms with Crippen LogP contribution in [-0.2, 0) is 9.22 Å². The lowest BCUT2D eigenvalue weighted by atomic mass is 9.57. The number of fused-ring (bicyclic) bond motifs is 1. The van der Waals surface area contributed by atoms with Crippen LogP contribution < -0.4 is 0 Å². The molecule has 0 aromatic rings. The van der Waals surface area contributed by atoms with Gasteiger partial charge in [-0.05, 0) is 31.0 Å². The monoisotopic (exact) mass is 355 g/mol. The molecule has 2 aliphatic rings. The highest BCUT2D eigenvalue weighted by Gasteiger charge is 2.63. The molecule has 1 unspecified atom stereocenters. The minimum atomic E-state index is -2.00. The van der Waals surface area contributed by atoms with Crippen molar-refractivity contribution in [3.05, 3.63) is 10.1 Å². The number of hydrogen-bond acceptors (Lipinski definition) is 4. The van der Waals surface area contributed by atoms with Crippen molar-refractivity contribution in [3.63, 3.8) is 0 Å². The highest BCUT2D eigenvalue weighted by atomic mass is 28.4. The molecule has 0 N–H and O–H groups in total. The van der Waals surface area contributed by atoms with E-state index in [-0.39, 0.29) is 33.5 Å². The number of carbonyl (C=O) groups is 1. The van der Waals surface area contributed by atoms with E-state index in [4.69, 9.17) is 4.43 Å². The summed E-state index contributed by atoms with van der Waals surface area (Å²) in [4.78, 5) is 24.6. The van der Waals surface area contributed by atoms with Crippen molar-refractivity contribution in [2.45, 2.75) is 83.5 Å². The first-order chi connectivity index (χ1) is 10.9. The smallest absolute Gasteiger partial charge is 0.231 e. The number of Topliss-reactive ketones (excluding diaryl/α,β-unsaturated/α-hetero) is 1. The Labute approximate surface area is 146 Å². The summed E-state index contributed by atoms with van der Waals surface area (Å²) in [6, 6.07) is 0. The van der Waals surface area contributed by atoms with Crippen LogP contribution in [0, 0.1) is 27.9 Å². The summed E-state index contributed by atoms with van der Waals surface area (Å²) in [6.07, 6.45) is 3.65. The molecule has 138 valence electrons. The van der Waals surface area contributed by atoms with Crippen LogP contribution in [0.4, 0.5) is 0 Å². The van der Waals surface area contributed by atoms with E-state index in [1.54, 1.807) is 0 Å². The first-order valence-electron chi connectivity index (χ1n) is 9.24. The van der Waals surface area contributed by atoms with Crippen molar-refractivity contribution in [1.82, 2.24) is 0 Å². The Hall–Kier alpha value is -0.753. The molecule has 0 aromatic carbocycles. The summed E-state index contributed by atoms with van der Waals surface area (Å²) in [5, 5.41) is 12.2. The van der Waals surface area contributed by atoms with Gasteiger partial charge in [-0.25, -0.2) is 0 Å². The largest absolute Gasteiger partial charge is 0.416 e. The van der Waals surface area contributed by atoms with Gasteiger partial charge in [0.25, 0.3) is 0 Å². The minimum absolute atomic E-state index is 0.0561. The third kappa shape index (κ3) is 3.19. The maximum absolute atomic E-state index is 12.5. The molecule has 0 bridgehead atoms. The maximum Gasteiger partial charge on any atom is 0.231 e. The summed E-state index contributed by atoms with van der Waals surface area (Å²) in [6.45, 7) is 13.1. The van der Waals surface area contributed by atoms with E-state index < -0.39 is 13.9 Å². The number of ketones is 1. The van der Waals surface area contributed by atoms with Gasteiger partial charge in [0.05, 0.1) is 5.92 Å². The first-order valence-corrected chi connectivity index (χ1v) is 12.2. The van der Waals surface area contributed by atoms with Crippen molar-refractivity contribution in [3.8, 4) is 0 Å². The second-order valence-corrected chi connectivity index (χ2v) is 14.1. The van der Waals surface area contributed by atoms with Gasteiger partial charge in [0.15, 0.2) is 8.32 Å². The second kappa shape index (κ2) is 6.52. The van der Waals surface area contributed by atoms with Gasteiger partial charge in [-0.3, -0.25) is 14.9 Å². The van der Waals surface area contributed by atoms with Crippen molar-refractivity contribution < 1.29 is 14.1 Å². The maximum atomic E-state index is 12.5. The molecule has 2 aliphatic carbocycles. The van der Waals surface area contributed by atoms with E-state index in [0.29, 0.717) is 19.4 Å². The van der Waals surface area contributed by atoms with E-state index in [0.717, 1.165) is 19.3 Å². The first kappa shape index (κ1) is 19.6. The van der Waals surface area contributed by atoms with Gasteiger partial charge in [-0.2, -0.15) is 0 Å². The molecule has 4 atom stereocenters. The molecule has 2 rings (SSSR count). The average molecular weight is 356 g/mol. The topological polar surface area (TPSA) is 69.4 Å². The number of hydrogen-bond donors (Lipinski definition) is 0. The summed E-state index contributed by atoms with van der Waals surface area (Å²) in [5.41, 5.74) is -0.964.